The summed E-state index contributed by atoms with van der Waals surface area (Å²) in [7, 11) is 1.36. The Morgan fingerprint density at radius 3 is 2.15 bits per heavy atom. The Hall–Kier alpha value is -3.43. The van der Waals surface area contributed by atoms with E-state index in [1.807, 2.05) is 36.4 Å². The van der Waals surface area contributed by atoms with Crippen LogP contribution in [-0.2, 0) is 19.1 Å². The Balaban J connectivity index is 1.30. The van der Waals surface area contributed by atoms with Crippen LogP contribution in [0.3, 0.4) is 0 Å². The molecule has 9 nitrogen and oxygen atoms in total. The molecule has 1 fully saturated rings. The van der Waals surface area contributed by atoms with Crippen molar-refractivity contribution in [1.82, 2.24) is 10.2 Å². The van der Waals surface area contributed by atoms with Gasteiger partial charge in [0, 0.05) is 39.0 Å². The molecule has 1 heterocycles. The number of hydrogen-bond acceptors (Lipinski definition) is 6. The molecule has 2 amide bonds. The third-order valence-corrected chi connectivity index (χ3v) is 6.64. The largest absolute Gasteiger partial charge is 0.479 e. The van der Waals surface area contributed by atoms with Crippen molar-refractivity contribution in [1.29, 1.82) is 0 Å². The predicted octanol–water partition coefficient (Wildman–Crippen LogP) is 1.98. The lowest BCUT2D eigenvalue weighted by Crippen LogP contribution is -2.54. The number of nitrogens with zero attached hydrogens (tertiary/aromatic N) is 1. The number of piperidine rings is 1. The van der Waals surface area contributed by atoms with Gasteiger partial charge in [-0.2, -0.15) is 0 Å². The lowest BCUT2D eigenvalue weighted by molar-refractivity contribution is -0.166. The molecule has 2 aliphatic rings. The van der Waals surface area contributed by atoms with E-state index in [0.717, 1.165) is 22.3 Å². The molecule has 1 saturated heterocycles. The van der Waals surface area contributed by atoms with Gasteiger partial charge in [0.05, 0.1) is 6.54 Å². The van der Waals surface area contributed by atoms with E-state index < -0.39 is 23.8 Å². The number of carbonyl (C=O) groups excluding carboxylic acids is 2. The van der Waals surface area contributed by atoms with Gasteiger partial charge in [-0.3, -0.25) is 4.79 Å². The fourth-order valence-corrected chi connectivity index (χ4v) is 4.61. The number of amides is 2. The van der Waals surface area contributed by atoms with Gasteiger partial charge in [0.15, 0.2) is 11.7 Å². The zero-order chi connectivity index (χ0) is 24.3. The lowest BCUT2D eigenvalue weighted by atomic mass is 9.91. The first-order valence-electron chi connectivity index (χ1n) is 11.2. The molecule has 0 saturated carbocycles. The number of hydrogen-bond donors (Lipinski definition) is 3. The average molecular weight is 469 g/mol. The van der Waals surface area contributed by atoms with Gasteiger partial charge in [-0.05, 0) is 22.3 Å². The van der Waals surface area contributed by atoms with E-state index in [9.17, 15) is 19.5 Å². The molecule has 1 atom stereocenters. The molecule has 2 aromatic rings. The molecule has 1 unspecified atom stereocenters. The van der Waals surface area contributed by atoms with E-state index in [1.165, 1.54) is 12.0 Å². The number of aliphatic hydroxyl groups is 1. The summed E-state index contributed by atoms with van der Waals surface area (Å²) in [5.41, 5.74) is 2.65. The molecule has 0 bridgehead atoms. The summed E-state index contributed by atoms with van der Waals surface area (Å²) < 4.78 is 10.7. The Morgan fingerprint density at radius 1 is 1.06 bits per heavy atom. The van der Waals surface area contributed by atoms with Crippen molar-refractivity contribution >= 4 is 18.0 Å². The van der Waals surface area contributed by atoms with Crippen LogP contribution >= 0.6 is 0 Å². The van der Waals surface area contributed by atoms with Crippen LogP contribution in [0.1, 0.15) is 29.9 Å². The highest BCUT2D eigenvalue weighted by Gasteiger charge is 2.41. The van der Waals surface area contributed by atoms with Crippen molar-refractivity contribution in [2.24, 2.45) is 0 Å². The van der Waals surface area contributed by atoms with E-state index in [2.05, 4.69) is 17.4 Å². The first kappa shape index (κ1) is 23.7. The summed E-state index contributed by atoms with van der Waals surface area (Å²) in [4.78, 5) is 37.7. The van der Waals surface area contributed by atoms with Crippen LogP contribution in [0.2, 0.25) is 0 Å². The molecule has 180 valence electrons. The molecule has 34 heavy (non-hydrogen) atoms. The summed E-state index contributed by atoms with van der Waals surface area (Å²) in [6, 6.07) is 16.1. The minimum absolute atomic E-state index is 0.0652. The zero-order valence-corrected chi connectivity index (χ0v) is 18.9. The summed E-state index contributed by atoms with van der Waals surface area (Å²) in [6.45, 7) is 0.246. The smallest absolute Gasteiger partial charge is 0.407 e. The highest BCUT2D eigenvalue weighted by atomic mass is 16.5. The van der Waals surface area contributed by atoms with Crippen LogP contribution in [-0.4, -0.2) is 78.1 Å². The molecular weight excluding hydrogens is 440 g/mol. The zero-order valence-electron chi connectivity index (χ0n) is 18.9. The molecule has 4 rings (SSSR count). The van der Waals surface area contributed by atoms with E-state index in [-0.39, 0.29) is 50.9 Å². The van der Waals surface area contributed by atoms with Crippen molar-refractivity contribution in [3.63, 3.8) is 0 Å². The van der Waals surface area contributed by atoms with Crippen molar-refractivity contribution in [2.45, 2.75) is 30.5 Å². The molecule has 1 aliphatic heterocycles. The van der Waals surface area contributed by atoms with Crippen molar-refractivity contribution in [2.75, 3.05) is 33.4 Å². The maximum Gasteiger partial charge on any atom is 0.407 e. The monoisotopic (exact) mass is 468 g/mol. The van der Waals surface area contributed by atoms with Gasteiger partial charge in [-0.1, -0.05) is 48.5 Å². The van der Waals surface area contributed by atoms with Gasteiger partial charge in [0.25, 0.3) is 5.91 Å². The van der Waals surface area contributed by atoms with E-state index in [1.54, 1.807) is 0 Å². The molecule has 2 aromatic carbocycles. The van der Waals surface area contributed by atoms with Gasteiger partial charge in [-0.15, -0.1) is 0 Å². The quantitative estimate of drug-likeness (QED) is 0.567. The van der Waals surface area contributed by atoms with Gasteiger partial charge in [0.2, 0.25) is 0 Å². The first-order valence-corrected chi connectivity index (χ1v) is 11.2. The number of alkyl carbamates (subject to hydrolysis) is 1. The normalized spacial score (nSPS) is 17.4. The Morgan fingerprint density at radius 2 is 1.62 bits per heavy atom. The van der Waals surface area contributed by atoms with E-state index in [0.29, 0.717) is 0 Å². The van der Waals surface area contributed by atoms with Crippen molar-refractivity contribution < 1.29 is 34.1 Å². The summed E-state index contributed by atoms with van der Waals surface area (Å²) in [5.74, 6) is -1.74. The highest BCUT2D eigenvalue weighted by Crippen LogP contribution is 2.44. The second kappa shape index (κ2) is 9.82. The molecular formula is C25H28N2O7. The molecule has 0 spiro atoms. The van der Waals surface area contributed by atoms with Gasteiger partial charge in [-0.25, -0.2) is 9.59 Å². The lowest BCUT2D eigenvalue weighted by Gasteiger charge is -2.36. The van der Waals surface area contributed by atoms with Crippen LogP contribution in [0.25, 0.3) is 11.1 Å². The summed E-state index contributed by atoms with van der Waals surface area (Å²) in [6.07, 6.45) is -1.73. The van der Waals surface area contributed by atoms with Crippen LogP contribution < -0.4 is 5.32 Å². The van der Waals surface area contributed by atoms with Crippen molar-refractivity contribution in [3.05, 3.63) is 59.7 Å². The number of ether oxygens (including phenoxy) is 2. The van der Waals surface area contributed by atoms with Crippen LogP contribution in [0.5, 0.6) is 0 Å². The van der Waals surface area contributed by atoms with Crippen LogP contribution in [0.4, 0.5) is 4.79 Å². The third kappa shape index (κ3) is 4.62. The molecule has 9 heteroatoms. The molecule has 0 radical (unpaired) electrons. The minimum atomic E-state index is -1.82. The summed E-state index contributed by atoms with van der Waals surface area (Å²) >= 11 is 0. The number of benzene rings is 2. The fourth-order valence-electron chi connectivity index (χ4n) is 4.61. The predicted molar refractivity (Wildman–Crippen MR) is 122 cm³/mol. The maximum atomic E-state index is 12.7. The minimum Gasteiger partial charge on any atom is -0.479 e. The number of carbonyl (C=O) groups is 3. The third-order valence-electron chi connectivity index (χ3n) is 6.64. The van der Waals surface area contributed by atoms with Gasteiger partial charge >= 0.3 is 12.1 Å². The Bertz CT molecular complexity index is 1030. The van der Waals surface area contributed by atoms with Crippen LogP contribution in [0, 0.1) is 0 Å². The number of nitrogens with one attached hydrogen (secondary N) is 1. The number of rotatable bonds is 7. The standard InChI is InChI=1S/C25H28N2O7/c1-33-21(22(28)27-12-10-25(32,11-13-27)23(29)30)14-26-24(31)34-15-20-18-8-4-2-6-16(18)17-7-3-5-9-19(17)20/h2-9,20-21,32H,10-15H2,1H3,(H,26,31)(H,29,30). The van der Waals surface area contributed by atoms with Crippen LogP contribution in [0.15, 0.2) is 48.5 Å². The average Bonchev–Trinajstić information content (AvgIpc) is 3.17. The SMILES string of the molecule is COC(CNC(=O)OCC1c2ccccc2-c2ccccc21)C(=O)N1CCC(O)(C(=O)O)CC1. The second-order valence-corrected chi connectivity index (χ2v) is 8.59. The topological polar surface area (TPSA) is 125 Å². The highest BCUT2D eigenvalue weighted by molar-refractivity contribution is 5.83. The molecule has 3 N–H and O–H groups in total. The van der Waals surface area contributed by atoms with Crippen molar-refractivity contribution in [3.8, 4) is 11.1 Å². The first-order chi connectivity index (χ1) is 16.3. The second-order valence-electron chi connectivity index (χ2n) is 8.59. The number of carboxylic acid groups (broad SMARTS) is 1. The number of aliphatic carboxylic acids is 1. The number of likely N-dealkylation sites (tertiary alicyclic amines) is 1. The van der Waals surface area contributed by atoms with Gasteiger partial charge in [0.1, 0.15) is 6.61 Å². The number of methoxy groups -OCH3 is 1. The molecule has 0 aromatic heterocycles. The summed E-state index contributed by atoms with van der Waals surface area (Å²) in [5, 5.41) is 21.8. The number of fused-ring (bicyclic) bond motifs is 3. The maximum absolute atomic E-state index is 12.7. The Labute approximate surface area is 197 Å². The Kier molecular flexibility index (Phi) is 6.85. The van der Waals surface area contributed by atoms with E-state index >= 15 is 0 Å². The number of carboxylic acids is 1. The molecule has 1 aliphatic carbocycles. The van der Waals surface area contributed by atoms with Gasteiger partial charge < -0.3 is 29.9 Å². The fraction of sp³-hybridized carbons (Fsp3) is 0.400. The van der Waals surface area contributed by atoms with E-state index in [4.69, 9.17) is 14.6 Å².